The van der Waals surface area contributed by atoms with Crippen molar-refractivity contribution >= 4 is 31.5 Å². The van der Waals surface area contributed by atoms with Gasteiger partial charge in [-0.05, 0) is 61.9 Å². The Balaban J connectivity index is 2.90. The Hall–Kier alpha value is -0.713. The molecule has 0 radical (unpaired) electrons. The lowest BCUT2D eigenvalue weighted by Crippen LogP contribution is -2.46. The highest BCUT2D eigenvalue weighted by Gasteiger charge is 2.38. The van der Waals surface area contributed by atoms with Crippen LogP contribution in [-0.2, 0) is 4.43 Å². The summed E-state index contributed by atoms with van der Waals surface area (Å²) in [7, 11) is -1.60. The summed E-state index contributed by atoms with van der Waals surface area (Å²) in [6.07, 6.45) is 8.61. The SMILES string of the molecule is CC/C(=C\CCC(CC)(CC)O[Si](CC)(CC)CC)c1cc(C=O)cs1. The third kappa shape index (κ3) is 5.90. The average molecular weight is 395 g/mol. The van der Waals surface area contributed by atoms with Crippen molar-refractivity contribution in [3.8, 4) is 0 Å². The van der Waals surface area contributed by atoms with E-state index < -0.39 is 8.32 Å². The Morgan fingerprint density at radius 3 is 2.15 bits per heavy atom. The van der Waals surface area contributed by atoms with Gasteiger partial charge in [-0.2, -0.15) is 0 Å². The molecule has 0 saturated carbocycles. The molecule has 0 bridgehead atoms. The molecule has 2 nitrogen and oxygen atoms in total. The van der Waals surface area contributed by atoms with Crippen molar-refractivity contribution in [1.29, 1.82) is 0 Å². The predicted octanol–water partition coefficient (Wildman–Crippen LogP) is 7.71. The standard InChI is InChI=1S/C22H38O2SSi/c1-7-20(21-16-19(17-23)18-25-21)14-13-15-22(8-2,9-3)24-26(10-4,11-5)12-6/h14,16-18H,7-13,15H2,1-6H3/b20-14+. The van der Waals surface area contributed by atoms with Crippen LogP contribution in [0.5, 0.6) is 0 Å². The van der Waals surface area contributed by atoms with Crippen molar-refractivity contribution in [2.45, 2.75) is 97.4 Å². The zero-order valence-electron chi connectivity index (χ0n) is 17.7. The van der Waals surface area contributed by atoms with Crippen LogP contribution in [0.4, 0.5) is 0 Å². The van der Waals surface area contributed by atoms with Crippen LogP contribution in [0.1, 0.15) is 88.9 Å². The van der Waals surface area contributed by atoms with Gasteiger partial charge in [0.05, 0.1) is 5.60 Å². The molecule has 1 heterocycles. The number of allylic oxidation sites excluding steroid dienone is 2. The van der Waals surface area contributed by atoms with Crippen LogP contribution in [0.15, 0.2) is 17.5 Å². The van der Waals surface area contributed by atoms with E-state index >= 15 is 0 Å². The second-order valence-corrected chi connectivity index (χ2v) is 12.8. The van der Waals surface area contributed by atoms with Gasteiger partial charge in [0.2, 0.25) is 0 Å². The van der Waals surface area contributed by atoms with Crippen LogP contribution in [0.3, 0.4) is 0 Å². The maximum absolute atomic E-state index is 10.9. The van der Waals surface area contributed by atoms with Crippen molar-refractivity contribution in [3.05, 3.63) is 28.0 Å². The Morgan fingerprint density at radius 1 is 1.12 bits per heavy atom. The normalized spacial score (nSPS) is 13.2. The number of carbonyl (C=O) groups is 1. The van der Waals surface area contributed by atoms with E-state index in [1.807, 2.05) is 11.4 Å². The largest absolute Gasteiger partial charge is 0.411 e. The summed E-state index contributed by atoms with van der Waals surface area (Å²) in [5, 5.41) is 1.95. The molecule has 148 valence electrons. The number of aldehydes is 1. The highest BCUT2D eigenvalue weighted by Crippen LogP contribution is 2.36. The quantitative estimate of drug-likeness (QED) is 0.253. The molecule has 1 rings (SSSR count). The Labute approximate surface area is 166 Å². The first-order valence-corrected chi connectivity index (χ1v) is 13.8. The summed E-state index contributed by atoms with van der Waals surface area (Å²) in [6, 6.07) is 5.64. The molecule has 0 fully saturated rings. The first kappa shape index (κ1) is 23.3. The summed E-state index contributed by atoms with van der Waals surface area (Å²) >= 11 is 1.67. The lowest BCUT2D eigenvalue weighted by atomic mass is 9.91. The first-order valence-electron chi connectivity index (χ1n) is 10.4. The van der Waals surface area contributed by atoms with Gasteiger partial charge in [0.15, 0.2) is 14.6 Å². The topological polar surface area (TPSA) is 26.3 Å². The maximum atomic E-state index is 10.9. The average Bonchev–Trinajstić information content (AvgIpc) is 3.17. The van der Waals surface area contributed by atoms with Gasteiger partial charge >= 0.3 is 0 Å². The summed E-state index contributed by atoms with van der Waals surface area (Å²) in [4.78, 5) is 12.2. The molecule has 0 aromatic carbocycles. The summed E-state index contributed by atoms with van der Waals surface area (Å²) in [6.45, 7) is 13.7. The lowest BCUT2D eigenvalue weighted by Gasteiger charge is -2.42. The zero-order valence-corrected chi connectivity index (χ0v) is 19.5. The highest BCUT2D eigenvalue weighted by atomic mass is 32.1. The molecule has 1 aromatic rings. The van der Waals surface area contributed by atoms with Crippen LogP contribution in [0.25, 0.3) is 5.57 Å². The second kappa shape index (κ2) is 11.2. The maximum Gasteiger partial charge on any atom is 0.192 e. The van der Waals surface area contributed by atoms with Crippen molar-refractivity contribution in [2.24, 2.45) is 0 Å². The summed E-state index contributed by atoms with van der Waals surface area (Å²) < 4.78 is 6.98. The fourth-order valence-corrected chi connectivity index (χ4v) is 7.95. The van der Waals surface area contributed by atoms with E-state index in [9.17, 15) is 4.79 Å². The van der Waals surface area contributed by atoms with Gasteiger partial charge < -0.3 is 4.43 Å². The minimum atomic E-state index is -1.60. The second-order valence-electron chi connectivity index (χ2n) is 7.22. The lowest BCUT2D eigenvalue weighted by molar-refractivity contribution is 0.0397. The first-order chi connectivity index (χ1) is 12.5. The van der Waals surface area contributed by atoms with Gasteiger partial charge in [0.1, 0.15) is 0 Å². The third-order valence-electron chi connectivity index (χ3n) is 6.10. The summed E-state index contributed by atoms with van der Waals surface area (Å²) in [5.41, 5.74) is 2.16. The van der Waals surface area contributed by atoms with Gasteiger partial charge in [0.25, 0.3) is 0 Å². The van der Waals surface area contributed by atoms with Gasteiger partial charge in [-0.1, -0.05) is 47.6 Å². The van der Waals surface area contributed by atoms with E-state index in [0.717, 1.165) is 44.0 Å². The Morgan fingerprint density at radius 2 is 1.73 bits per heavy atom. The van der Waals surface area contributed by atoms with Crippen molar-refractivity contribution < 1.29 is 9.22 Å². The predicted molar refractivity (Wildman–Crippen MR) is 119 cm³/mol. The molecule has 1 aromatic heterocycles. The molecule has 0 spiro atoms. The molecule has 4 heteroatoms. The van der Waals surface area contributed by atoms with Crippen LogP contribution in [0, 0.1) is 0 Å². The van der Waals surface area contributed by atoms with E-state index in [4.69, 9.17) is 4.43 Å². The molecule has 0 amide bonds. The molecule has 0 unspecified atom stereocenters. The highest BCUT2D eigenvalue weighted by molar-refractivity contribution is 7.11. The fraction of sp³-hybridized carbons (Fsp3) is 0.682. The number of hydrogen-bond acceptors (Lipinski definition) is 3. The Bertz CT molecular complexity index is 560. The third-order valence-corrected chi connectivity index (χ3v) is 11.9. The monoisotopic (exact) mass is 394 g/mol. The van der Waals surface area contributed by atoms with Crippen LogP contribution in [0.2, 0.25) is 18.1 Å². The molecule has 0 aliphatic heterocycles. The molecule has 0 aliphatic rings. The van der Waals surface area contributed by atoms with Crippen LogP contribution >= 0.6 is 11.3 Å². The molecular formula is C22H38O2SSi. The fourth-order valence-electron chi connectivity index (χ4n) is 3.73. The van der Waals surface area contributed by atoms with Gasteiger partial charge in [-0.25, -0.2) is 0 Å². The molecule has 0 atom stereocenters. The van der Waals surface area contributed by atoms with Crippen LogP contribution in [-0.4, -0.2) is 20.2 Å². The van der Waals surface area contributed by atoms with E-state index in [1.54, 1.807) is 11.3 Å². The zero-order chi connectivity index (χ0) is 19.6. The number of hydrogen-bond donors (Lipinski definition) is 0. The van der Waals surface area contributed by atoms with Crippen molar-refractivity contribution in [3.63, 3.8) is 0 Å². The molecular weight excluding hydrogens is 356 g/mol. The van der Waals surface area contributed by atoms with Gasteiger partial charge in [-0.15, -0.1) is 11.3 Å². The number of rotatable bonds is 13. The minimum absolute atomic E-state index is 0.0208. The van der Waals surface area contributed by atoms with Crippen molar-refractivity contribution in [1.82, 2.24) is 0 Å². The minimum Gasteiger partial charge on any atom is -0.411 e. The number of carbonyl (C=O) groups excluding carboxylic acids is 1. The van der Waals surface area contributed by atoms with E-state index in [0.29, 0.717) is 0 Å². The molecule has 26 heavy (non-hydrogen) atoms. The Kier molecular flexibility index (Phi) is 10.1. The van der Waals surface area contributed by atoms with Crippen LogP contribution < -0.4 is 0 Å². The van der Waals surface area contributed by atoms with Gasteiger partial charge in [0, 0.05) is 15.8 Å². The van der Waals surface area contributed by atoms with E-state index in [-0.39, 0.29) is 5.60 Å². The van der Waals surface area contributed by atoms with Crippen molar-refractivity contribution in [2.75, 3.05) is 0 Å². The smallest absolute Gasteiger partial charge is 0.192 e. The molecule has 0 aliphatic carbocycles. The van der Waals surface area contributed by atoms with E-state index in [1.165, 1.54) is 28.6 Å². The molecule has 0 saturated heterocycles. The number of thiophene rings is 1. The summed E-state index contributed by atoms with van der Waals surface area (Å²) in [5.74, 6) is 0. The van der Waals surface area contributed by atoms with E-state index in [2.05, 4.69) is 47.6 Å². The van der Waals surface area contributed by atoms with Gasteiger partial charge in [-0.3, -0.25) is 4.79 Å². The molecule has 0 N–H and O–H groups in total.